The number of carbonyl (C=O) groups is 1. The van der Waals surface area contributed by atoms with Gasteiger partial charge >= 0.3 is 11.7 Å². The smallest absolute Gasteiger partial charge is 0.342 e. The average Bonchev–Trinajstić information content (AvgIpc) is 2.33. The van der Waals surface area contributed by atoms with Gasteiger partial charge in [0.05, 0.1) is 12.2 Å². The van der Waals surface area contributed by atoms with E-state index < -0.39 is 22.8 Å². The first-order valence-electron chi connectivity index (χ1n) is 4.90. The Labute approximate surface area is 99.6 Å². The van der Waals surface area contributed by atoms with Crippen LogP contribution in [-0.2, 0) is 6.54 Å². The highest BCUT2D eigenvalue weighted by Crippen LogP contribution is 1.95. The molecule has 2 aromatic heterocycles. The summed E-state index contributed by atoms with van der Waals surface area (Å²) in [4.78, 5) is 43.0. The quantitative estimate of drug-likeness (QED) is 0.724. The summed E-state index contributed by atoms with van der Waals surface area (Å²) in [5, 5.41) is 8.79. The molecule has 2 rings (SSSR count). The van der Waals surface area contributed by atoms with E-state index in [0.717, 1.165) is 10.8 Å². The topological polar surface area (TPSA) is 118 Å². The number of nitrogens with zero attached hydrogens (tertiary/aromatic N) is 3. The summed E-state index contributed by atoms with van der Waals surface area (Å²) in [6, 6.07) is 1.58. The van der Waals surface area contributed by atoms with Gasteiger partial charge in [-0.3, -0.25) is 14.3 Å². The van der Waals surface area contributed by atoms with E-state index >= 15 is 0 Å². The van der Waals surface area contributed by atoms with Gasteiger partial charge in [-0.25, -0.2) is 19.6 Å². The number of hydrogen-bond donors (Lipinski definition) is 2. The molecule has 0 atom stereocenters. The van der Waals surface area contributed by atoms with Crippen molar-refractivity contribution in [3.63, 3.8) is 0 Å². The number of hydrogen-bond acceptors (Lipinski definition) is 5. The van der Waals surface area contributed by atoms with Crippen LogP contribution in [0.4, 0.5) is 0 Å². The van der Waals surface area contributed by atoms with Gasteiger partial charge < -0.3 is 5.11 Å². The number of carboxylic acids is 1. The minimum Gasteiger partial charge on any atom is -0.477 e. The lowest BCUT2D eigenvalue weighted by atomic mass is 10.3. The molecule has 2 N–H and O–H groups in total. The summed E-state index contributed by atoms with van der Waals surface area (Å²) in [5.74, 6) is -1.40. The van der Waals surface area contributed by atoms with E-state index in [9.17, 15) is 14.4 Å². The van der Waals surface area contributed by atoms with E-state index in [1.807, 2.05) is 4.98 Å². The zero-order chi connectivity index (χ0) is 13.1. The van der Waals surface area contributed by atoms with Crippen molar-refractivity contribution in [2.75, 3.05) is 0 Å². The van der Waals surface area contributed by atoms with E-state index in [2.05, 4.69) is 9.97 Å². The minimum atomic E-state index is -1.40. The van der Waals surface area contributed by atoms with Gasteiger partial charge in [-0.1, -0.05) is 0 Å². The fraction of sp³-hybridized carbons (Fsp3) is 0.100. The standard InChI is InChI=1S/C10H8N4O4/c15-8-7(9(16)17)4-14(10(18)13-8)3-6-1-2-11-5-12-6/h1-2,4-5H,3H2,(H,16,17)(H,13,15,18). The molecule has 92 valence electrons. The average molecular weight is 248 g/mol. The molecule has 8 nitrogen and oxygen atoms in total. The van der Waals surface area contributed by atoms with Crippen LogP contribution in [0, 0.1) is 0 Å². The zero-order valence-electron chi connectivity index (χ0n) is 9.03. The molecular formula is C10H8N4O4. The number of rotatable bonds is 3. The summed E-state index contributed by atoms with van der Waals surface area (Å²) in [6.45, 7) is 0.0540. The zero-order valence-corrected chi connectivity index (χ0v) is 9.03. The predicted octanol–water partition coefficient (Wildman–Crippen LogP) is -0.927. The number of nitrogens with one attached hydrogen (secondary N) is 1. The Bertz CT molecular complexity index is 689. The Morgan fingerprint density at radius 2 is 2.22 bits per heavy atom. The second-order valence-electron chi connectivity index (χ2n) is 3.44. The largest absolute Gasteiger partial charge is 0.477 e. The first-order chi connectivity index (χ1) is 8.58. The van der Waals surface area contributed by atoms with E-state index in [1.54, 1.807) is 6.07 Å². The SMILES string of the molecule is O=C(O)c1cn(Cc2ccncn2)c(=O)[nH]c1=O. The summed E-state index contributed by atoms with van der Waals surface area (Å²) in [5.41, 5.74) is -1.59. The fourth-order valence-corrected chi connectivity index (χ4v) is 1.37. The Balaban J connectivity index is 2.46. The molecule has 0 aliphatic carbocycles. The van der Waals surface area contributed by atoms with Crippen LogP contribution in [0.25, 0.3) is 0 Å². The van der Waals surface area contributed by atoms with Gasteiger partial charge in [0, 0.05) is 12.4 Å². The molecule has 2 heterocycles. The van der Waals surface area contributed by atoms with Crippen LogP contribution in [0.2, 0.25) is 0 Å². The number of aromatic amines is 1. The monoisotopic (exact) mass is 248 g/mol. The molecule has 0 amide bonds. The molecule has 0 radical (unpaired) electrons. The molecule has 0 aliphatic rings. The van der Waals surface area contributed by atoms with Crippen LogP contribution in [0.5, 0.6) is 0 Å². The molecule has 0 saturated carbocycles. The molecular weight excluding hydrogens is 240 g/mol. The van der Waals surface area contributed by atoms with Crippen molar-refractivity contribution >= 4 is 5.97 Å². The van der Waals surface area contributed by atoms with Gasteiger partial charge in [0.1, 0.15) is 11.9 Å². The van der Waals surface area contributed by atoms with Gasteiger partial charge in [0.15, 0.2) is 0 Å². The third-order valence-corrected chi connectivity index (χ3v) is 2.22. The molecule has 0 bridgehead atoms. The van der Waals surface area contributed by atoms with Crippen molar-refractivity contribution in [1.82, 2.24) is 19.5 Å². The highest BCUT2D eigenvalue weighted by Gasteiger charge is 2.11. The van der Waals surface area contributed by atoms with E-state index in [0.29, 0.717) is 5.69 Å². The Hall–Kier alpha value is -2.77. The summed E-state index contributed by atoms with van der Waals surface area (Å²) < 4.78 is 1.06. The molecule has 0 aliphatic heterocycles. The lowest BCUT2D eigenvalue weighted by Gasteiger charge is -2.04. The maximum Gasteiger partial charge on any atom is 0.342 e. The van der Waals surface area contributed by atoms with Gasteiger partial charge in [0.25, 0.3) is 5.56 Å². The number of aromatic carboxylic acids is 1. The van der Waals surface area contributed by atoms with Crippen molar-refractivity contribution in [2.45, 2.75) is 6.54 Å². The van der Waals surface area contributed by atoms with Crippen LogP contribution in [0.1, 0.15) is 16.1 Å². The Morgan fingerprint density at radius 3 is 2.83 bits per heavy atom. The molecule has 18 heavy (non-hydrogen) atoms. The molecule has 0 spiro atoms. The van der Waals surface area contributed by atoms with Gasteiger partial charge in [-0.15, -0.1) is 0 Å². The highest BCUT2D eigenvalue weighted by molar-refractivity contribution is 5.86. The lowest BCUT2D eigenvalue weighted by Crippen LogP contribution is -2.33. The normalized spacial score (nSPS) is 10.2. The first kappa shape index (κ1) is 11.7. The molecule has 0 fully saturated rings. The maximum absolute atomic E-state index is 11.5. The van der Waals surface area contributed by atoms with Crippen LogP contribution in [0.3, 0.4) is 0 Å². The van der Waals surface area contributed by atoms with Gasteiger partial charge in [-0.2, -0.15) is 0 Å². The van der Waals surface area contributed by atoms with Crippen molar-refractivity contribution < 1.29 is 9.90 Å². The molecule has 2 aromatic rings. The van der Waals surface area contributed by atoms with Crippen LogP contribution in [-0.4, -0.2) is 30.6 Å². The second kappa shape index (κ2) is 4.62. The van der Waals surface area contributed by atoms with Crippen LogP contribution < -0.4 is 11.2 Å². The third kappa shape index (κ3) is 2.32. The minimum absolute atomic E-state index is 0.0540. The first-order valence-corrected chi connectivity index (χ1v) is 4.90. The van der Waals surface area contributed by atoms with Gasteiger partial charge in [0.2, 0.25) is 0 Å². The van der Waals surface area contributed by atoms with Crippen LogP contribution in [0.15, 0.2) is 34.4 Å². The van der Waals surface area contributed by atoms with E-state index in [1.165, 1.54) is 12.5 Å². The van der Waals surface area contributed by atoms with E-state index in [4.69, 9.17) is 5.11 Å². The molecule has 0 saturated heterocycles. The molecule has 8 heteroatoms. The predicted molar refractivity (Wildman–Crippen MR) is 59.4 cm³/mol. The highest BCUT2D eigenvalue weighted by atomic mass is 16.4. The molecule has 0 aromatic carbocycles. The number of aromatic nitrogens is 4. The van der Waals surface area contributed by atoms with Crippen molar-refractivity contribution in [3.05, 3.63) is 56.9 Å². The van der Waals surface area contributed by atoms with Gasteiger partial charge in [-0.05, 0) is 6.07 Å². The fourth-order valence-electron chi connectivity index (χ4n) is 1.37. The number of H-pyrrole nitrogens is 1. The summed E-state index contributed by atoms with van der Waals surface area (Å²) in [7, 11) is 0. The lowest BCUT2D eigenvalue weighted by molar-refractivity contribution is 0.0693. The third-order valence-electron chi connectivity index (χ3n) is 2.22. The Morgan fingerprint density at radius 1 is 1.44 bits per heavy atom. The van der Waals surface area contributed by atoms with E-state index in [-0.39, 0.29) is 6.54 Å². The summed E-state index contributed by atoms with van der Waals surface area (Å²) >= 11 is 0. The number of carboxylic acid groups (broad SMARTS) is 1. The van der Waals surface area contributed by atoms with Crippen molar-refractivity contribution in [3.8, 4) is 0 Å². The van der Waals surface area contributed by atoms with Crippen LogP contribution >= 0.6 is 0 Å². The molecule has 0 unspecified atom stereocenters. The maximum atomic E-state index is 11.5. The second-order valence-corrected chi connectivity index (χ2v) is 3.44. The van der Waals surface area contributed by atoms with Crippen molar-refractivity contribution in [1.29, 1.82) is 0 Å². The van der Waals surface area contributed by atoms with Crippen molar-refractivity contribution in [2.24, 2.45) is 0 Å². The summed E-state index contributed by atoms with van der Waals surface area (Å²) in [6.07, 6.45) is 3.80. The Kier molecular flexibility index (Phi) is 3.00.